The van der Waals surface area contributed by atoms with Crippen LogP contribution in [0.2, 0.25) is 0 Å². The van der Waals surface area contributed by atoms with Crippen LogP contribution in [0.4, 0.5) is 5.69 Å². The highest BCUT2D eigenvalue weighted by Crippen LogP contribution is 2.27. The van der Waals surface area contributed by atoms with E-state index in [9.17, 15) is 4.79 Å². The van der Waals surface area contributed by atoms with Crippen molar-refractivity contribution in [3.63, 3.8) is 0 Å². The van der Waals surface area contributed by atoms with Gasteiger partial charge in [-0.15, -0.1) is 11.8 Å². The Balaban J connectivity index is 1.29. The van der Waals surface area contributed by atoms with Crippen molar-refractivity contribution < 1.29 is 14.3 Å². The minimum Gasteiger partial charge on any atom is -0.490 e. The molecule has 0 fully saturated rings. The lowest BCUT2D eigenvalue weighted by Gasteiger charge is -2.19. The van der Waals surface area contributed by atoms with Crippen molar-refractivity contribution in [1.29, 1.82) is 0 Å². The van der Waals surface area contributed by atoms with E-state index >= 15 is 0 Å². The zero-order valence-corrected chi connectivity index (χ0v) is 24.9. The molecule has 0 spiro atoms. The molecule has 2 aromatic carbocycles. The third kappa shape index (κ3) is 12.4. The lowest BCUT2D eigenvalue weighted by atomic mass is 10.1. The molecule has 0 radical (unpaired) electrons. The smallest absolute Gasteiger partial charge is 0.262 e. The summed E-state index contributed by atoms with van der Waals surface area (Å²) >= 11 is 1.81. The molecule has 0 unspecified atom stereocenters. The molecule has 1 aliphatic rings. The highest BCUT2D eigenvalue weighted by molar-refractivity contribution is 8.02. The second kappa shape index (κ2) is 18.6. The normalized spacial score (nSPS) is 12.9. The number of hydrogen-bond donors (Lipinski definition) is 1. The Morgan fingerprint density at radius 1 is 0.846 bits per heavy atom. The fraction of sp³-hybridized carbons (Fsp3) is 0.545. The SMILES string of the molecule is CCCCCCCCCCCCCCOc1ccccc1OCC(=O)Nc1cccc(CN2CSC=C2C)c1. The Labute approximate surface area is 240 Å². The van der Waals surface area contributed by atoms with E-state index in [0.717, 1.165) is 24.5 Å². The predicted molar refractivity (Wildman–Crippen MR) is 165 cm³/mol. The van der Waals surface area contributed by atoms with Gasteiger partial charge in [0.2, 0.25) is 0 Å². The Bertz CT molecular complexity index is 1010. The number of hydrogen-bond acceptors (Lipinski definition) is 5. The topological polar surface area (TPSA) is 50.8 Å². The summed E-state index contributed by atoms with van der Waals surface area (Å²) in [5.74, 6) is 2.09. The van der Waals surface area contributed by atoms with E-state index in [4.69, 9.17) is 9.47 Å². The van der Waals surface area contributed by atoms with Crippen LogP contribution in [0.3, 0.4) is 0 Å². The van der Waals surface area contributed by atoms with Gasteiger partial charge in [0, 0.05) is 17.9 Å². The molecule has 6 heteroatoms. The van der Waals surface area contributed by atoms with Crippen molar-refractivity contribution in [2.75, 3.05) is 24.4 Å². The van der Waals surface area contributed by atoms with Gasteiger partial charge in [-0.2, -0.15) is 0 Å². The van der Waals surface area contributed by atoms with Gasteiger partial charge in [-0.1, -0.05) is 102 Å². The van der Waals surface area contributed by atoms with Crippen LogP contribution in [0.25, 0.3) is 0 Å². The molecule has 1 amide bonds. The van der Waals surface area contributed by atoms with E-state index in [1.54, 1.807) is 0 Å². The van der Waals surface area contributed by atoms with Gasteiger partial charge in [-0.3, -0.25) is 4.79 Å². The molecule has 0 saturated heterocycles. The molecule has 0 saturated carbocycles. The molecule has 0 bridgehead atoms. The van der Waals surface area contributed by atoms with Crippen molar-refractivity contribution >= 4 is 23.4 Å². The van der Waals surface area contributed by atoms with E-state index in [1.807, 2.05) is 54.2 Å². The fourth-order valence-electron chi connectivity index (χ4n) is 4.72. The summed E-state index contributed by atoms with van der Waals surface area (Å²) in [5, 5.41) is 5.14. The number of thioether (sulfide) groups is 1. The van der Waals surface area contributed by atoms with Crippen molar-refractivity contribution in [3.05, 3.63) is 65.2 Å². The van der Waals surface area contributed by atoms with Crippen molar-refractivity contribution in [1.82, 2.24) is 4.90 Å². The van der Waals surface area contributed by atoms with Crippen LogP contribution in [0.1, 0.15) is 96.5 Å². The van der Waals surface area contributed by atoms with Gasteiger partial charge >= 0.3 is 0 Å². The average molecular weight is 553 g/mol. The number of rotatable bonds is 20. The van der Waals surface area contributed by atoms with Crippen molar-refractivity contribution in [2.24, 2.45) is 0 Å². The number of para-hydroxylation sites is 2. The predicted octanol–water partition coefficient (Wildman–Crippen LogP) is 9.15. The summed E-state index contributed by atoms with van der Waals surface area (Å²) in [6, 6.07) is 15.6. The summed E-state index contributed by atoms with van der Waals surface area (Å²) < 4.78 is 11.8. The average Bonchev–Trinajstić information content (AvgIpc) is 3.34. The number of allylic oxidation sites excluding steroid dienone is 1. The minimum atomic E-state index is -0.185. The largest absolute Gasteiger partial charge is 0.490 e. The summed E-state index contributed by atoms with van der Waals surface area (Å²) in [6.07, 6.45) is 15.9. The molecule has 5 nitrogen and oxygen atoms in total. The molecule has 1 N–H and O–H groups in total. The van der Waals surface area contributed by atoms with Gasteiger partial charge in [-0.25, -0.2) is 0 Å². The van der Waals surface area contributed by atoms with E-state index in [1.165, 1.54) is 81.9 Å². The van der Waals surface area contributed by atoms with Gasteiger partial charge in [0.05, 0.1) is 12.5 Å². The van der Waals surface area contributed by atoms with Crippen LogP contribution in [0, 0.1) is 0 Å². The first kappa shape index (κ1) is 30.9. The first-order valence-corrected chi connectivity index (χ1v) is 16.0. The first-order chi connectivity index (χ1) is 19.2. The van der Waals surface area contributed by atoms with E-state index < -0.39 is 0 Å². The molecule has 39 heavy (non-hydrogen) atoms. The van der Waals surface area contributed by atoms with Crippen molar-refractivity contribution in [2.45, 2.75) is 97.4 Å². The molecule has 1 heterocycles. The molecule has 214 valence electrons. The molecule has 1 aliphatic heterocycles. The Morgan fingerprint density at radius 2 is 1.49 bits per heavy atom. The molecule has 0 atom stereocenters. The number of benzene rings is 2. The number of carbonyl (C=O) groups is 1. The highest BCUT2D eigenvalue weighted by Gasteiger charge is 2.13. The standard InChI is InChI=1S/C33H48N2O3S/c1-3-4-5-6-7-8-9-10-11-12-13-16-22-37-31-20-14-15-21-32(31)38-25-33(36)34-30-19-17-18-29(23-30)24-35-27-39-26-28(35)2/h14-15,17-21,23,26H,3-13,16,22,24-25,27H2,1-2H3,(H,34,36). The third-order valence-electron chi connectivity index (χ3n) is 7.03. The number of amides is 1. The number of anilines is 1. The summed E-state index contributed by atoms with van der Waals surface area (Å²) in [7, 11) is 0. The number of unbranched alkanes of at least 4 members (excludes halogenated alkanes) is 11. The van der Waals surface area contributed by atoms with Gasteiger partial charge < -0.3 is 19.7 Å². The lowest BCUT2D eigenvalue weighted by molar-refractivity contribution is -0.118. The summed E-state index contributed by atoms with van der Waals surface area (Å²) in [6.45, 7) is 5.84. The van der Waals surface area contributed by atoms with Crippen LogP contribution in [-0.4, -0.2) is 29.9 Å². The van der Waals surface area contributed by atoms with Crippen LogP contribution in [0.15, 0.2) is 59.6 Å². The molecule has 0 aromatic heterocycles. The van der Waals surface area contributed by atoms with E-state index in [0.29, 0.717) is 18.1 Å². The Kier molecular flexibility index (Phi) is 14.8. The molecular formula is C33H48N2O3S. The number of nitrogens with zero attached hydrogens (tertiary/aromatic N) is 1. The number of ether oxygens (including phenoxy) is 2. The molecule has 0 aliphatic carbocycles. The summed E-state index contributed by atoms with van der Waals surface area (Å²) in [5.41, 5.74) is 3.23. The number of carbonyl (C=O) groups excluding carboxylic acids is 1. The van der Waals surface area contributed by atoms with Gasteiger partial charge in [0.1, 0.15) is 0 Å². The minimum absolute atomic E-state index is 0.0617. The van der Waals surface area contributed by atoms with Crippen LogP contribution < -0.4 is 14.8 Å². The lowest BCUT2D eigenvalue weighted by Crippen LogP contribution is -2.21. The quantitative estimate of drug-likeness (QED) is 0.166. The Morgan fingerprint density at radius 3 is 2.13 bits per heavy atom. The van der Waals surface area contributed by atoms with Gasteiger partial charge in [0.15, 0.2) is 18.1 Å². The van der Waals surface area contributed by atoms with Crippen molar-refractivity contribution in [3.8, 4) is 11.5 Å². The second-order valence-corrected chi connectivity index (χ2v) is 11.3. The maximum Gasteiger partial charge on any atom is 0.262 e. The van der Waals surface area contributed by atoms with Gasteiger partial charge in [0.25, 0.3) is 5.91 Å². The fourth-order valence-corrected chi connectivity index (χ4v) is 5.66. The van der Waals surface area contributed by atoms with Crippen LogP contribution in [0.5, 0.6) is 11.5 Å². The monoisotopic (exact) mass is 552 g/mol. The van der Waals surface area contributed by atoms with Crippen LogP contribution in [-0.2, 0) is 11.3 Å². The first-order valence-electron chi connectivity index (χ1n) is 14.9. The second-order valence-electron chi connectivity index (χ2n) is 10.5. The van der Waals surface area contributed by atoms with E-state index in [-0.39, 0.29) is 12.5 Å². The zero-order valence-electron chi connectivity index (χ0n) is 24.1. The number of nitrogens with one attached hydrogen (secondary N) is 1. The van der Waals surface area contributed by atoms with E-state index in [2.05, 4.69) is 35.5 Å². The molecule has 2 aromatic rings. The maximum absolute atomic E-state index is 12.6. The highest BCUT2D eigenvalue weighted by atomic mass is 32.2. The van der Waals surface area contributed by atoms with Gasteiger partial charge in [-0.05, 0) is 48.6 Å². The molecular weight excluding hydrogens is 504 g/mol. The van der Waals surface area contributed by atoms with Crippen LogP contribution >= 0.6 is 11.8 Å². The Hall–Kier alpha value is -2.60. The zero-order chi connectivity index (χ0) is 27.5. The maximum atomic E-state index is 12.6. The molecule has 3 rings (SSSR count). The third-order valence-corrected chi connectivity index (χ3v) is 8.00. The summed E-state index contributed by atoms with van der Waals surface area (Å²) in [4.78, 5) is 14.9.